The lowest BCUT2D eigenvalue weighted by molar-refractivity contribution is 0.304. The van der Waals surface area contributed by atoms with E-state index < -0.39 is 0 Å². The maximum Gasteiger partial charge on any atom is 0.0350 e. The Bertz CT molecular complexity index is 351. The van der Waals surface area contributed by atoms with E-state index >= 15 is 0 Å². The molecule has 0 radical (unpaired) electrons. The molecule has 1 fully saturated rings. The molecule has 2 rings (SSSR count). The first-order valence-corrected chi connectivity index (χ1v) is 8.05. The molecule has 0 aromatic heterocycles. The first-order chi connectivity index (χ1) is 9.24. The van der Waals surface area contributed by atoms with E-state index in [1.165, 1.54) is 37.7 Å². The molecule has 0 bridgehead atoms. The van der Waals surface area contributed by atoms with Gasteiger partial charge in [0.05, 0.1) is 0 Å². The second-order valence-corrected chi connectivity index (χ2v) is 6.21. The normalized spacial score (nSPS) is 18.5. The Kier molecular flexibility index (Phi) is 5.45. The molecule has 106 valence electrons. The lowest BCUT2D eigenvalue weighted by atomic mass is 9.88. The molecule has 1 saturated carbocycles. The highest BCUT2D eigenvalue weighted by Gasteiger charge is 2.27. The van der Waals surface area contributed by atoms with Crippen LogP contribution in [0.4, 0.5) is 0 Å². The number of rotatable bonds is 8. The van der Waals surface area contributed by atoms with Crippen molar-refractivity contribution in [2.24, 2.45) is 11.8 Å². The summed E-state index contributed by atoms with van der Waals surface area (Å²) in [7, 11) is 0. The fourth-order valence-corrected chi connectivity index (χ4v) is 3.15. The van der Waals surface area contributed by atoms with Gasteiger partial charge in [-0.25, -0.2) is 0 Å². The zero-order chi connectivity index (χ0) is 13.7. The van der Waals surface area contributed by atoms with Crippen LogP contribution >= 0.6 is 0 Å². The molecular formula is C18H29N. The Hall–Kier alpha value is -0.820. The van der Waals surface area contributed by atoms with E-state index in [1.807, 2.05) is 0 Å². The monoisotopic (exact) mass is 259 g/mol. The molecule has 0 heterocycles. The molecule has 0 amide bonds. The summed E-state index contributed by atoms with van der Waals surface area (Å²) < 4.78 is 0. The van der Waals surface area contributed by atoms with Gasteiger partial charge in [0.25, 0.3) is 0 Å². The summed E-state index contributed by atoms with van der Waals surface area (Å²) in [5.74, 6) is 1.74. The van der Waals surface area contributed by atoms with Crippen LogP contribution in [0.15, 0.2) is 30.3 Å². The van der Waals surface area contributed by atoms with Crippen molar-refractivity contribution in [2.45, 2.75) is 65.0 Å². The van der Waals surface area contributed by atoms with Gasteiger partial charge in [-0.05, 0) is 30.7 Å². The fourth-order valence-electron chi connectivity index (χ4n) is 3.15. The SMILES string of the molecule is CCC(CC)C(NC(C)CC1CC1)c1ccccc1. The van der Waals surface area contributed by atoms with E-state index in [1.54, 1.807) is 0 Å². The third kappa shape index (κ3) is 4.35. The Balaban J connectivity index is 2.04. The zero-order valence-corrected chi connectivity index (χ0v) is 12.7. The van der Waals surface area contributed by atoms with Gasteiger partial charge in [-0.2, -0.15) is 0 Å². The second kappa shape index (κ2) is 7.09. The summed E-state index contributed by atoms with van der Waals surface area (Å²) in [4.78, 5) is 0. The predicted octanol–water partition coefficient (Wildman–Crippen LogP) is 4.94. The quantitative estimate of drug-likeness (QED) is 0.697. The summed E-state index contributed by atoms with van der Waals surface area (Å²) in [6.45, 7) is 6.99. The van der Waals surface area contributed by atoms with Crippen molar-refractivity contribution in [3.8, 4) is 0 Å². The van der Waals surface area contributed by atoms with Gasteiger partial charge in [0.15, 0.2) is 0 Å². The highest BCUT2D eigenvalue weighted by Crippen LogP contribution is 2.35. The van der Waals surface area contributed by atoms with Gasteiger partial charge in [-0.3, -0.25) is 0 Å². The van der Waals surface area contributed by atoms with E-state index in [9.17, 15) is 0 Å². The molecular weight excluding hydrogens is 230 g/mol. The molecule has 1 aliphatic carbocycles. The molecule has 1 aliphatic rings. The number of nitrogens with one attached hydrogen (secondary N) is 1. The van der Waals surface area contributed by atoms with Crippen molar-refractivity contribution in [3.63, 3.8) is 0 Å². The molecule has 2 atom stereocenters. The summed E-state index contributed by atoms with van der Waals surface area (Å²) >= 11 is 0. The van der Waals surface area contributed by atoms with E-state index in [0.29, 0.717) is 12.1 Å². The van der Waals surface area contributed by atoms with Crippen LogP contribution in [0.3, 0.4) is 0 Å². The predicted molar refractivity (Wildman–Crippen MR) is 83.2 cm³/mol. The van der Waals surface area contributed by atoms with Crippen LogP contribution in [0.2, 0.25) is 0 Å². The Morgan fingerprint density at radius 1 is 1.11 bits per heavy atom. The lowest BCUT2D eigenvalue weighted by Crippen LogP contribution is -2.35. The molecule has 1 aromatic rings. The minimum Gasteiger partial charge on any atom is -0.307 e. The average molecular weight is 259 g/mol. The van der Waals surface area contributed by atoms with Crippen LogP contribution in [0.1, 0.15) is 64.5 Å². The topological polar surface area (TPSA) is 12.0 Å². The minimum absolute atomic E-state index is 0.518. The highest BCUT2D eigenvalue weighted by atomic mass is 15.0. The largest absolute Gasteiger partial charge is 0.307 e. The van der Waals surface area contributed by atoms with Gasteiger partial charge in [-0.15, -0.1) is 0 Å². The van der Waals surface area contributed by atoms with Crippen LogP contribution in [-0.2, 0) is 0 Å². The van der Waals surface area contributed by atoms with E-state index in [0.717, 1.165) is 11.8 Å². The number of hydrogen-bond donors (Lipinski definition) is 1. The maximum absolute atomic E-state index is 3.91. The molecule has 1 heteroatoms. The van der Waals surface area contributed by atoms with Gasteiger partial charge < -0.3 is 5.32 Å². The standard InChI is InChI=1S/C18H29N/c1-4-16(5-2)18(17-9-7-6-8-10-17)19-14(3)13-15-11-12-15/h6-10,14-16,18-19H,4-5,11-13H2,1-3H3. The Morgan fingerprint density at radius 3 is 2.26 bits per heavy atom. The average Bonchev–Trinajstić information content (AvgIpc) is 3.24. The molecule has 0 aliphatic heterocycles. The molecule has 0 spiro atoms. The smallest absolute Gasteiger partial charge is 0.0350 e. The molecule has 19 heavy (non-hydrogen) atoms. The van der Waals surface area contributed by atoms with Gasteiger partial charge in [0.1, 0.15) is 0 Å². The van der Waals surface area contributed by atoms with E-state index in [-0.39, 0.29) is 0 Å². The minimum atomic E-state index is 0.518. The van der Waals surface area contributed by atoms with E-state index in [2.05, 4.69) is 56.4 Å². The van der Waals surface area contributed by atoms with Crippen molar-refractivity contribution >= 4 is 0 Å². The third-order valence-electron chi connectivity index (χ3n) is 4.53. The second-order valence-electron chi connectivity index (χ2n) is 6.21. The lowest BCUT2D eigenvalue weighted by Gasteiger charge is -2.30. The van der Waals surface area contributed by atoms with Crippen LogP contribution in [0.25, 0.3) is 0 Å². The molecule has 0 saturated heterocycles. The van der Waals surface area contributed by atoms with Gasteiger partial charge >= 0.3 is 0 Å². The van der Waals surface area contributed by atoms with Crippen LogP contribution in [0, 0.1) is 11.8 Å². The summed E-state index contributed by atoms with van der Waals surface area (Å²) in [5.41, 5.74) is 1.46. The van der Waals surface area contributed by atoms with Crippen LogP contribution in [0.5, 0.6) is 0 Å². The first kappa shape index (κ1) is 14.6. The molecule has 2 unspecified atom stereocenters. The van der Waals surface area contributed by atoms with Gasteiger partial charge in [0, 0.05) is 12.1 Å². The highest BCUT2D eigenvalue weighted by molar-refractivity contribution is 5.20. The number of benzene rings is 1. The van der Waals surface area contributed by atoms with Gasteiger partial charge in [0.2, 0.25) is 0 Å². The maximum atomic E-state index is 3.91. The number of hydrogen-bond acceptors (Lipinski definition) is 1. The van der Waals surface area contributed by atoms with Crippen molar-refractivity contribution in [3.05, 3.63) is 35.9 Å². The van der Waals surface area contributed by atoms with E-state index in [4.69, 9.17) is 0 Å². The van der Waals surface area contributed by atoms with Crippen molar-refractivity contribution in [2.75, 3.05) is 0 Å². The zero-order valence-electron chi connectivity index (χ0n) is 12.7. The van der Waals surface area contributed by atoms with Crippen LogP contribution < -0.4 is 5.32 Å². The first-order valence-electron chi connectivity index (χ1n) is 8.05. The van der Waals surface area contributed by atoms with Gasteiger partial charge in [-0.1, -0.05) is 69.9 Å². The molecule has 1 nitrogen and oxygen atoms in total. The van der Waals surface area contributed by atoms with Crippen molar-refractivity contribution in [1.82, 2.24) is 5.32 Å². The Labute approximate surface area is 118 Å². The van der Waals surface area contributed by atoms with Crippen molar-refractivity contribution < 1.29 is 0 Å². The van der Waals surface area contributed by atoms with Crippen molar-refractivity contribution in [1.29, 1.82) is 0 Å². The Morgan fingerprint density at radius 2 is 1.74 bits per heavy atom. The third-order valence-corrected chi connectivity index (χ3v) is 4.53. The van der Waals surface area contributed by atoms with Crippen LogP contribution in [-0.4, -0.2) is 6.04 Å². The molecule has 1 aromatic carbocycles. The summed E-state index contributed by atoms with van der Waals surface area (Å²) in [6.07, 6.45) is 6.75. The summed E-state index contributed by atoms with van der Waals surface area (Å²) in [6, 6.07) is 12.2. The fraction of sp³-hybridized carbons (Fsp3) is 0.667. The summed E-state index contributed by atoms with van der Waals surface area (Å²) in [5, 5.41) is 3.91. The molecule has 1 N–H and O–H groups in total.